The van der Waals surface area contributed by atoms with Crippen LogP contribution in [0.25, 0.3) is 0 Å². The minimum absolute atomic E-state index is 0.0976. The minimum Gasteiger partial charge on any atom is -0.497 e. The number of benzene rings is 2. The maximum absolute atomic E-state index is 13.0. The number of aryl methyl sites for hydroxylation is 2. The van der Waals surface area contributed by atoms with Gasteiger partial charge in [-0.25, -0.2) is 8.51 Å². The van der Waals surface area contributed by atoms with Crippen LogP contribution in [0.15, 0.2) is 35.2 Å². The van der Waals surface area contributed by atoms with Gasteiger partial charge in [-0.3, -0.25) is 9.59 Å². The molecule has 0 aliphatic carbocycles. The standard InChI is InChI=1S/C27H38N4O4S/c1-18-13-24(35-6)14-19(2)27(18)36(34)31(5)17-26(33)28-16-25(32)29-20(3)22-8-7-21-9-11-30(4)12-10-23(21)15-22/h7-8,13-15,20H,9-12,16-17H2,1-6H3,(H,28,33)(H,29,32). The van der Waals surface area contributed by atoms with Crippen LogP contribution in [0, 0.1) is 13.8 Å². The lowest BCUT2D eigenvalue weighted by molar-refractivity contribution is -0.126. The zero-order valence-electron chi connectivity index (χ0n) is 22.1. The first-order valence-electron chi connectivity index (χ1n) is 12.2. The number of hydrogen-bond donors (Lipinski definition) is 2. The predicted molar refractivity (Wildman–Crippen MR) is 142 cm³/mol. The van der Waals surface area contributed by atoms with Gasteiger partial charge in [0.25, 0.3) is 0 Å². The fourth-order valence-electron chi connectivity index (χ4n) is 4.46. The lowest BCUT2D eigenvalue weighted by Gasteiger charge is -2.19. The molecular weight excluding hydrogens is 476 g/mol. The van der Waals surface area contributed by atoms with Crippen LogP contribution in [-0.4, -0.2) is 72.6 Å². The van der Waals surface area contributed by atoms with Crippen molar-refractivity contribution in [1.82, 2.24) is 19.8 Å². The summed E-state index contributed by atoms with van der Waals surface area (Å²) in [5.41, 5.74) is 5.42. The van der Waals surface area contributed by atoms with Crippen molar-refractivity contribution < 1.29 is 18.5 Å². The summed E-state index contributed by atoms with van der Waals surface area (Å²) in [5.74, 6) is 0.0626. The van der Waals surface area contributed by atoms with Crippen molar-refractivity contribution in [2.24, 2.45) is 0 Å². The molecule has 1 aliphatic heterocycles. The van der Waals surface area contributed by atoms with E-state index in [4.69, 9.17) is 4.74 Å². The number of ether oxygens (including phenoxy) is 1. The Kier molecular flexibility index (Phi) is 9.64. The van der Waals surface area contributed by atoms with Crippen molar-refractivity contribution in [3.8, 4) is 5.75 Å². The van der Waals surface area contributed by atoms with Crippen LogP contribution in [0.5, 0.6) is 5.75 Å². The van der Waals surface area contributed by atoms with Crippen molar-refractivity contribution in [1.29, 1.82) is 0 Å². The molecule has 2 unspecified atom stereocenters. The van der Waals surface area contributed by atoms with Gasteiger partial charge in [0.05, 0.1) is 31.1 Å². The number of amides is 2. The highest BCUT2D eigenvalue weighted by atomic mass is 32.2. The van der Waals surface area contributed by atoms with Gasteiger partial charge in [0, 0.05) is 20.1 Å². The Morgan fingerprint density at radius 2 is 1.72 bits per heavy atom. The number of likely N-dealkylation sites (N-methyl/N-ethyl adjacent to an activating group) is 2. The number of nitrogens with zero attached hydrogens (tertiary/aromatic N) is 2. The van der Waals surface area contributed by atoms with Crippen LogP contribution >= 0.6 is 0 Å². The molecule has 2 atom stereocenters. The topological polar surface area (TPSA) is 91.0 Å². The molecule has 2 N–H and O–H groups in total. The summed E-state index contributed by atoms with van der Waals surface area (Å²) >= 11 is 0. The van der Waals surface area contributed by atoms with Gasteiger partial charge in [0.1, 0.15) is 16.7 Å². The Morgan fingerprint density at radius 1 is 1.08 bits per heavy atom. The SMILES string of the molecule is COc1cc(C)c(S(=O)N(C)CC(=O)NCC(=O)NC(C)c2ccc3c(c2)CCN(C)CC3)c(C)c1. The Hall–Kier alpha value is -2.75. The summed E-state index contributed by atoms with van der Waals surface area (Å²) < 4.78 is 19.8. The van der Waals surface area contributed by atoms with Gasteiger partial charge < -0.3 is 20.3 Å². The fourth-order valence-corrected chi connectivity index (χ4v) is 5.67. The first-order chi connectivity index (χ1) is 17.1. The Labute approximate surface area is 217 Å². The molecule has 2 aromatic rings. The fraction of sp³-hybridized carbons (Fsp3) is 0.481. The summed E-state index contributed by atoms with van der Waals surface area (Å²) in [6.45, 7) is 7.52. The van der Waals surface area contributed by atoms with Crippen LogP contribution in [0.2, 0.25) is 0 Å². The molecule has 1 aliphatic rings. The second-order valence-corrected chi connectivity index (χ2v) is 11.1. The van der Waals surface area contributed by atoms with E-state index in [-0.39, 0.29) is 30.9 Å². The molecule has 196 valence electrons. The van der Waals surface area contributed by atoms with Crippen LogP contribution in [0.3, 0.4) is 0 Å². The quantitative estimate of drug-likeness (QED) is 0.536. The van der Waals surface area contributed by atoms with E-state index < -0.39 is 11.0 Å². The summed E-state index contributed by atoms with van der Waals surface area (Å²) in [6, 6.07) is 9.89. The molecule has 0 spiro atoms. The molecule has 0 saturated heterocycles. The summed E-state index contributed by atoms with van der Waals surface area (Å²) in [5, 5.41) is 5.60. The van der Waals surface area contributed by atoms with Gasteiger partial charge in [-0.2, -0.15) is 0 Å². The van der Waals surface area contributed by atoms with Crippen molar-refractivity contribution >= 4 is 22.8 Å². The maximum atomic E-state index is 13.0. The van der Waals surface area contributed by atoms with Crippen molar-refractivity contribution in [2.45, 2.75) is 44.6 Å². The van der Waals surface area contributed by atoms with Crippen molar-refractivity contribution in [2.75, 3.05) is 47.4 Å². The molecule has 1 heterocycles. The number of rotatable bonds is 9. The molecule has 8 nitrogen and oxygen atoms in total. The van der Waals surface area contributed by atoms with E-state index in [9.17, 15) is 13.8 Å². The second kappa shape index (κ2) is 12.5. The smallest absolute Gasteiger partial charge is 0.239 e. The zero-order chi connectivity index (χ0) is 26.4. The normalized spacial score (nSPS) is 15.5. The summed E-state index contributed by atoms with van der Waals surface area (Å²) in [4.78, 5) is 27.9. The van der Waals surface area contributed by atoms with Crippen LogP contribution in [0.4, 0.5) is 0 Å². The summed E-state index contributed by atoms with van der Waals surface area (Å²) in [6.07, 6.45) is 2.04. The molecule has 36 heavy (non-hydrogen) atoms. The van der Waals surface area contributed by atoms with Crippen molar-refractivity contribution in [3.05, 3.63) is 58.1 Å². The third-order valence-electron chi connectivity index (χ3n) is 6.57. The molecule has 0 aromatic heterocycles. The highest BCUT2D eigenvalue weighted by molar-refractivity contribution is 7.82. The first kappa shape index (κ1) is 27.8. The number of nitrogens with one attached hydrogen (secondary N) is 2. The average molecular weight is 515 g/mol. The van der Waals surface area contributed by atoms with E-state index in [1.54, 1.807) is 14.2 Å². The van der Waals surface area contributed by atoms with Crippen molar-refractivity contribution in [3.63, 3.8) is 0 Å². The lowest BCUT2D eigenvalue weighted by atomic mass is 9.97. The molecule has 0 saturated carbocycles. The Morgan fingerprint density at radius 3 is 2.36 bits per heavy atom. The second-order valence-electron chi connectivity index (χ2n) is 9.52. The highest BCUT2D eigenvalue weighted by Gasteiger charge is 2.20. The Bertz CT molecular complexity index is 1110. The van der Waals surface area contributed by atoms with Crippen LogP contribution < -0.4 is 15.4 Å². The number of carbonyl (C=O) groups excluding carboxylic acids is 2. The molecular formula is C27H38N4O4S. The first-order valence-corrected chi connectivity index (χ1v) is 13.3. The molecule has 0 fully saturated rings. The van der Waals surface area contributed by atoms with E-state index in [2.05, 4.69) is 40.8 Å². The third-order valence-corrected chi connectivity index (χ3v) is 8.26. The molecule has 2 amide bonds. The monoisotopic (exact) mass is 514 g/mol. The Balaban J connectivity index is 1.50. The van der Waals surface area contributed by atoms with Gasteiger partial charge >= 0.3 is 0 Å². The van der Waals surface area contributed by atoms with Gasteiger partial charge in [-0.15, -0.1) is 0 Å². The molecule has 3 rings (SSSR count). The van der Waals surface area contributed by atoms with Crippen LogP contribution in [0.1, 0.15) is 40.8 Å². The van der Waals surface area contributed by atoms with Gasteiger partial charge in [-0.05, 0) is 80.6 Å². The maximum Gasteiger partial charge on any atom is 0.239 e. The van der Waals surface area contributed by atoms with Crippen LogP contribution in [-0.2, 0) is 33.4 Å². The van der Waals surface area contributed by atoms with Gasteiger partial charge in [0.2, 0.25) is 11.8 Å². The lowest BCUT2D eigenvalue weighted by Crippen LogP contribution is -2.42. The van der Waals surface area contributed by atoms with E-state index in [0.717, 1.165) is 42.6 Å². The number of hydrogen-bond acceptors (Lipinski definition) is 5. The number of fused-ring (bicyclic) bond motifs is 1. The minimum atomic E-state index is -1.52. The van der Waals surface area contributed by atoms with Gasteiger partial charge in [-0.1, -0.05) is 18.2 Å². The summed E-state index contributed by atoms with van der Waals surface area (Å²) in [7, 11) is 3.83. The largest absolute Gasteiger partial charge is 0.497 e. The van der Waals surface area contributed by atoms with E-state index in [1.165, 1.54) is 15.4 Å². The average Bonchev–Trinajstić information content (AvgIpc) is 3.02. The predicted octanol–water partition coefficient (Wildman–Crippen LogP) is 2.29. The molecule has 0 radical (unpaired) electrons. The number of methoxy groups -OCH3 is 1. The molecule has 0 bridgehead atoms. The molecule has 2 aromatic carbocycles. The van der Waals surface area contributed by atoms with Gasteiger partial charge in [0.15, 0.2) is 0 Å². The van der Waals surface area contributed by atoms with E-state index >= 15 is 0 Å². The van der Waals surface area contributed by atoms with E-state index in [0.29, 0.717) is 10.6 Å². The highest BCUT2D eigenvalue weighted by Crippen LogP contribution is 2.25. The third kappa shape index (κ3) is 7.15. The zero-order valence-corrected chi connectivity index (χ0v) is 23.0. The van der Waals surface area contributed by atoms with E-state index in [1.807, 2.05) is 32.9 Å². The molecule has 9 heteroatoms. The number of carbonyl (C=O) groups is 2.